The molecule has 0 aliphatic heterocycles. The van der Waals surface area contributed by atoms with E-state index in [1.807, 2.05) is 35.8 Å². The fourth-order valence-corrected chi connectivity index (χ4v) is 3.97. The zero-order chi connectivity index (χ0) is 24.0. The Hall–Kier alpha value is -3.10. The molecule has 0 aliphatic rings. The highest BCUT2D eigenvalue weighted by Gasteiger charge is 2.17. The molecule has 3 rings (SSSR count). The first-order chi connectivity index (χ1) is 15.8. The van der Waals surface area contributed by atoms with Gasteiger partial charge in [-0.25, -0.2) is 4.79 Å². The Morgan fingerprint density at radius 2 is 2.00 bits per heavy atom. The Balaban J connectivity index is 1.72. The van der Waals surface area contributed by atoms with Crippen LogP contribution in [0.5, 0.6) is 0 Å². The number of nitrogens with zero attached hydrogens (tertiary/aromatic N) is 3. The van der Waals surface area contributed by atoms with Crippen molar-refractivity contribution in [2.45, 2.75) is 38.6 Å². The molecule has 0 fully saturated rings. The van der Waals surface area contributed by atoms with E-state index in [1.54, 1.807) is 32.1 Å². The van der Waals surface area contributed by atoms with Crippen LogP contribution in [-0.2, 0) is 16.1 Å². The van der Waals surface area contributed by atoms with Crippen LogP contribution in [-0.4, -0.2) is 38.5 Å². The molecule has 0 aliphatic carbocycles. The van der Waals surface area contributed by atoms with Crippen LogP contribution in [0.4, 0.5) is 5.69 Å². The van der Waals surface area contributed by atoms with E-state index in [0.29, 0.717) is 28.0 Å². The number of allylic oxidation sites excluding steroid dienone is 1. The number of anilines is 1. The molecule has 7 nitrogen and oxygen atoms in total. The highest BCUT2D eigenvalue weighted by atomic mass is 35.5. The van der Waals surface area contributed by atoms with Crippen LogP contribution >= 0.6 is 23.4 Å². The Bertz CT molecular complexity index is 1180. The predicted molar refractivity (Wildman–Crippen MR) is 132 cm³/mol. The third kappa shape index (κ3) is 6.24. The van der Waals surface area contributed by atoms with E-state index in [1.165, 1.54) is 17.8 Å². The molecule has 0 radical (unpaired) electrons. The molecule has 2 aromatic carbocycles. The van der Waals surface area contributed by atoms with Gasteiger partial charge in [0.1, 0.15) is 0 Å². The van der Waals surface area contributed by atoms with Crippen LogP contribution in [0.1, 0.15) is 29.8 Å². The van der Waals surface area contributed by atoms with E-state index in [4.69, 9.17) is 16.3 Å². The average Bonchev–Trinajstić information content (AvgIpc) is 3.16. The second kappa shape index (κ2) is 11.2. The van der Waals surface area contributed by atoms with Gasteiger partial charge in [-0.2, -0.15) is 0 Å². The number of aromatic nitrogens is 3. The molecule has 0 saturated carbocycles. The summed E-state index contributed by atoms with van der Waals surface area (Å²) < 4.78 is 7.12. The zero-order valence-corrected chi connectivity index (χ0v) is 20.2. The maximum atomic E-state index is 12.6. The Labute approximate surface area is 202 Å². The maximum Gasteiger partial charge on any atom is 0.338 e. The van der Waals surface area contributed by atoms with Crippen LogP contribution in [0.3, 0.4) is 0 Å². The number of hydrogen-bond donors (Lipinski definition) is 1. The quantitative estimate of drug-likeness (QED) is 0.249. The first-order valence-electron chi connectivity index (χ1n) is 10.3. The average molecular weight is 485 g/mol. The monoisotopic (exact) mass is 484 g/mol. The zero-order valence-electron chi connectivity index (χ0n) is 18.7. The summed E-state index contributed by atoms with van der Waals surface area (Å²) in [5.74, 6) is 0.0324. The van der Waals surface area contributed by atoms with Gasteiger partial charge in [0.15, 0.2) is 11.0 Å². The summed E-state index contributed by atoms with van der Waals surface area (Å²) in [7, 11) is 0. The predicted octanol–water partition coefficient (Wildman–Crippen LogP) is 5.39. The van der Waals surface area contributed by atoms with Crippen molar-refractivity contribution < 1.29 is 14.3 Å². The van der Waals surface area contributed by atoms with E-state index in [9.17, 15) is 9.59 Å². The highest BCUT2D eigenvalue weighted by Crippen LogP contribution is 2.27. The largest absolute Gasteiger partial charge is 0.459 e. The minimum Gasteiger partial charge on any atom is -0.459 e. The van der Waals surface area contributed by atoms with Crippen molar-refractivity contribution in [1.29, 1.82) is 0 Å². The fourth-order valence-electron chi connectivity index (χ4n) is 3.06. The van der Waals surface area contributed by atoms with Crippen molar-refractivity contribution in [2.75, 3.05) is 11.1 Å². The van der Waals surface area contributed by atoms with Crippen molar-refractivity contribution in [3.8, 4) is 11.4 Å². The standard InChI is InChI=1S/C24H25ClN4O3S/c1-5-12-29-22(18-9-7-6-8-16(18)4)27-28-24(29)33-14-21(30)26-20-13-17(10-11-19(20)25)23(31)32-15(2)3/h5-11,13,15H,1,12,14H2,2-4H3,(H,26,30). The van der Waals surface area contributed by atoms with Gasteiger partial charge in [0.05, 0.1) is 28.1 Å². The van der Waals surface area contributed by atoms with Crippen molar-refractivity contribution in [1.82, 2.24) is 14.8 Å². The van der Waals surface area contributed by atoms with Crippen molar-refractivity contribution in [3.63, 3.8) is 0 Å². The molecule has 0 spiro atoms. The van der Waals surface area contributed by atoms with Gasteiger partial charge in [-0.3, -0.25) is 9.36 Å². The number of hydrogen-bond acceptors (Lipinski definition) is 6. The minimum atomic E-state index is -0.479. The van der Waals surface area contributed by atoms with Gasteiger partial charge in [-0.05, 0) is 44.5 Å². The summed E-state index contributed by atoms with van der Waals surface area (Å²) in [6.07, 6.45) is 1.51. The maximum absolute atomic E-state index is 12.6. The van der Waals surface area contributed by atoms with E-state index in [0.717, 1.165) is 17.0 Å². The van der Waals surface area contributed by atoms with E-state index < -0.39 is 5.97 Å². The molecular formula is C24H25ClN4O3S. The number of thioether (sulfide) groups is 1. The summed E-state index contributed by atoms with van der Waals surface area (Å²) in [5, 5.41) is 12.3. The Kier molecular flexibility index (Phi) is 8.30. The number of carbonyl (C=O) groups is 2. The van der Waals surface area contributed by atoms with Gasteiger partial charge in [0.25, 0.3) is 0 Å². The van der Waals surface area contributed by atoms with Gasteiger partial charge < -0.3 is 10.1 Å². The molecule has 33 heavy (non-hydrogen) atoms. The van der Waals surface area contributed by atoms with Crippen molar-refractivity contribution in [3.05, 3.63) is 71.3 Å². The van der Waals surface area contributed by atoms with Crippen LogP contribution in [0, 0.1) is 6.92 Å². The van der Waals surface area contributed by atoms with Crippen molar-refractivity contribution >= 4 is 40.9 Å². The second-order valence-corrected chi connectivity index (χ2v) is 8.86. The molecule has 1 heterocycles. The lowest BCUT2D eigenvalue weighted by Gasteiger charge is -2.11. The van der Waals surface area contributed by atoms with Crippen molar-refractivity contribution in [2.24, 2.45) is 0 Å². The van der Waals surface area contributed by atoms with Gasteiger partial charge in [0.2, 0.25) is 5.91 Å². The lowest BCUT2D eigenvalue weighted by molar-refractivity contribution is -0.113. The number of benzene rings is 2. The smallest absolute Gasteiger partial charge is 0.338 e. The highest BCUT2D eigenvalue weighted by molar-refractivity contribution is 7.99. The lowest BCUT2D eigenvalue weighted by Crippen LogP contribution is -2.16. The number of halogens is 1. The number of ether oxygens (including phenoxy) is 1. The second-order valence-electron chi connectivity index (χ2n) is 7.51. The lowest BCUT2D eigenvalue weighted by atomic mass is 10.1. The van der Waals surface area contributed by atoms with Gasteiger partial charge >= 0.3 is 5.97 Å². The Morgan fingerprint density at radius 3 is 2.70 bits per heavy atom. The summed E-state index contributed by atoms with van der Waals surface area (Å²) in [6, 6.07) is 12.5. The molecule has 0 atom stereocenters. The Morgan fingerprint density at radius 1 is 1.24 bits per heavy atom. The molecule has 9 heteroatoms. The molecular weight excluding hydrogens is 460 g/mol. The molecule has 172 valence electrons. The summed E-state index contributed by atoms with van der Waals surface area (Å²) in [5.41, 5.74) is 2.70. The third-order valence-electron chi connectivity index (χ3n) is 4.57. The van der Waals surface area contributed by atoms with Crippen LogP contribution in [0.15, 0.2) is 60.3 Å². The van der Waals surface area contributed by atoms with Crippen LogP contribution in [0.2, 0.25) is 5.02 Å². The first-order valence-corrected chi connectivity index (χ1v) is 11.7. The fraction of sp³-hybridized carbons (Fsp3) is 0.250. The summed E-state index contributed by atoms with van der Waals surface area (Å²) in [6.45, 7) is 9.87. The number of amides is 1. The SMILES string of the molecule is C=CCn1c(SCC(=O)Nc2cc(C(=O)OC(C)C)ccc2Cl)nnc1-c1ccccc1C. The number of carbonyl (C=O) groups excluding carboxylic acids is 2. The molecule has 1 amide bonds. The number of nitrogens with one attached hydrogen (secondary N) is 1. The topological polar surface area (TPSA) is 86.1 Å². The number of rotatable bonds is 9. The molecule has 0 saturated heterocycles. The number of aryl methyl sites for hydroxylation is 1. The van der Waals surface area contributed by atoms with Gasteiger partial charge in [-0.1, -0.05) is 53.7 Å². The molecule has 0 bridgehead atoms. The molecule has 0 unspecified atom stereocenters. The normalized spacial score (nSPS) is 10.8. The number of esters is 1. The summed E-state index contributed by atoms with van der Waals surface area (Å²) >= 11 is 7.46. The molecule has 1 N–H and O–H groups in total. The van der Waals surface area contributed by atoms with Crippen LogP contribution in [0.25, 0.3) is 11.4 Å². The van der Waals surface area contributed by atoms with Crippen LogP contribution < -0.4 is 5.32 Å². The minimum absolute atomic E-state index is 0.0834. The van der Waals surface area contributed by atoms with E-state index in [-0.39, 0.29) is 17.8 Å². The van der Waals surface area contributed by atoms with E-state index >= 15 is 0 Å². The first kappa shape index (κ1) is 24.5. The summed E-state index contributed by atoms with van der Waals surface area (Å²) in [4.78, 5) is 24.8. The van der Waals surface area contributed by atoms with Gasteiger partial charge in [-0.15, -0.1) is 16.8 Å². The molecule has 3 aromatic rings. The molecule has 1 aromatic heterocycles. The van der Waals surface area contributed by atoms with E-state index in [2.05, 4.69) is 22.1 Å². The third-order valence-corrected chi connectivity index (χ3v) is 5.86. The van der Waals surface area contributed by atoms with Gasteiger partial charge in [0, 0.05) is 12.1 Å².